The van der Waals surface area contributed by atoms with Crippen LogP contribution in [-0.2, 0) is 6.18 Å². The van der Waals surface area contributed by atoms with Gasteiger partial charge in [-0.25, -0.2) is 15.0 Å². The van der Waals surface area contributed by atoms with Gasteiger partial charge in [0.25, 0.3) is 0 Å². The van der Waals surface area contributed by atoms with E-state index in [2.05, 4.69) is 19.9 Å². The average molecular weight is 365 g/mol. The predicted molar refractivity (Wildman–Crippen MR) is 94.2 cm³/mol. The summed E-state index contributed by atoms with van der Waals surface area (Å²) in [7, 11) is 1.79. The van der Waals surface area contributed by atoms with Crippen molar-refractivity contribution in [1.82, 2.24) is 15.0 Å². The third-order valence-corrected chi connectivity index (χ3v) is 4.72. The van der Waals surface area contributed by atoms with Crippen LogP contribution in [0.2, 0.25) is 0 Å². The van der Waals surface area contributed by atoms with E-state index in [9.17, 15) is 13.2 Å². The summed E-state index contributed by atoms with van der Waals surface area (Å²) in [5.74, 6) is 1.70. The molecule has 0 bridgehead atoms. The van der Waals surface area contributed by atoms with Crippen LogP contribution < -0.4 is 9.80 Å². The standard InChI is InChI=1S/C18H22F3N5/c1-13-9-17(24-12-23-13)26-7-4-14(5-8-26)11-25(2)16-10-15(3-6-22-16)18(19,20)21/h3,6,9-10,12,14H,4-5,7-8,11H2,1-2H3. The van der Waals surface area contributed by atoms with Gasteiger partial charge in [-0.2, -0.15) is 13.2 Å². The lowest BCUT2D eigenvalue weighted by molar-refractivity contribution is -0.137. The minimum atomic E-state index is -4.35. The molecule has 0 radical (unpaired) electrons. The summed E-state index contributed by atoms with van der Waals surface area (Å²) in [4.78, 5) is 16.6. The lowest BCUT2D eigenvalue weighted by Crippen LogP contribution is -2.38. The van der Waals surface area contributed by atoms with Gasteiger partial charge in [0.15, 0.2) is 0 Å². The SMILES string of the molecule is Cc1cc(N2CCC(CN(C)c3cc(C(F)(F)F)ccn3)CC2)ncn1. The van der Waals surface area contributed by atoms with Crippen LogP contribution in [0.1, 0.15) is 24.1 Å². The zero-order valence-electron chi connectivity index (χ0n) is 14.9. The normalized spacial score (nSPS) is 16.0. The molecule has 1 aliphatic heterocycles. The second kappa shape index (κ2) is 7.47. The fourth-order valence-electron chi connectivity index (χ4n) is 3.24. The van der Waals surface area contributed by atoms with Gasteiger partial charge in [0.2, 0.25) is 0 Å². The summed E-state index contributed by atoms with van der Waals surface area (Å²) in [6.45, 7) is 4.38. The first-order valence-corrected chi connectivity index (χ1v) is 8.61. The number of hydrogen-bond donors (Lipinski definition) is 0. The molecule has 0 spiro atoms. The maximum absolute atomic E-state index is 12.9. The van der Waals surface area contributed by atoms with Crippen LogP contribution in [0.15, 0.2) is 30.7 Å². The Kier molecular flexibility index (Phi) is 5.29. The lowest BCUT2D eigenvalue weighted by atomic mass is 9.96. The summed E-state index contributed by atoms with van der Waals surface area (Å²) in [5, 5.41) is 0. The number of halogens is 3. The molecule has 1 saturated heterocycles. The maximum atomic E-state index is 12.9. The summed E-state index contributed by atoms with van der Waals surface area (Å²) < 4.78 is 38.6. The molecule has 1 fully saturated rings. The van der Waals surface area contributed by atoms with Crippen LogP contribution in [0.5, 0.6) is 0 Å². The molecule has 2 aromatic heterocycles. The largest absolute Gasteiger partial charge is 0.416 e. The Labute approximate surface area is 150 Å². The summed E-state index contributed by atoms with van der Waals surface area (Å²) in [6, 6.07) is 4.08. The highest BCUT2D eigenvalue weighted by molar-refractivity contribution is 5.42. The van der Waals surface area contributed by atoms with Gasteiger partial charge in [0, 0.05) is 44.6 Å². The van der Waals surface area contributed by atoms with Crippen molar-refractivity contribution in [3.8, 4) is 0 Å². The first-order chi connectivity index (χ1) is 12.3. The molecule has 0 atom stereocenters. The van der Waals surface area contributed by atoms with Crippen molar-refractivity contribution >= 4 is 11.6 Å². The van der Waals surface area contributed by atoms with E-state index in [4.69, 9.17) is 0 Å². The maximum Gasteiger partial charge on any atom is 0.416 e. The zero-order valence-corrected chi connectivity index (χ0v) is 14.9. The highest BCUT2D eigenvalue weighted by Gasteiger charge is 2.31. The van der Waals surface area contributed by atoms with E-state index in [0.29, 0.717) is 18.3 Å². The highest BCUT2D eigenvalue weighted by Crippen LogP contribution is 2.31. The molecule has 0 aliphatic carbocycles. The van der Waals surface area contributed by atoms with Crippen molar-refractivity contribution in [3.63, 3.8) is 0 Å². The number of rotatable bonds is 4. The summed E-state index contributed by atoms with van der Waals surface area (Å²) in [6.07, 6.45) is 0.372. The van der Waals surface area contributed by atoms with Crippen LogP contribution in [0.4, 0.5) is 24.8 Å². The first-order valence-electron chi connectivity index (χ1n) is 8.61. The Bertz CT molecular complexity index is 742. The van der Waals surface area contributed by atoms with Crippen molar-refractivity contribution in [1.29, 1.82) is 0 Å². The van der Waals surface area contributed by atoms with Crippen LogP contribution >= 0.6 is 0 Å². The van der Waals surface area contributed by atoms with E-state index in [0.717, 1.165) is 49.6 Å². The molecule has 0 unspecified atom stereocenters. The molecule has 3 heterocycles. The van der Waals surface area contributed by atoms with Gasteiger partial charge in [-0.1, -0.05) is 0 Å². The molecule has 0 saturated carbocycles. The molecule has 5 nitrogen and oxygen atoms in total. The Hall–Kier alpha value is -2.38. The van der Waals surface area contributed by atoms with Gasteiger partial charge in [-0.05, 0) is 37.8 Å². The molecule has 140 valence electrons. The van der Waals surface area contributed by atoms with Crippen molar-refractivity contribution < 1.29 is 13.2 Å². The Morgan fingerprint density at radius 3 is 2.54 bits per heavy atom. The summed E-state index contributed by atoms with van der Waals surface area (Å²) in [5.41, 5.74) is 0.274. The Balaban J connectivity index is 1.57. The van der Waals surface area contributed by atoms with Gasteiger partial charge in [0.05, 0.1) is 5.56 Å². The molecule has 0 amide bonds. The second-order valence-electron chi connectivity index (χ2n) is 6.73. The monoisotopic (exact) mass is 365 g/mol. The highest BCUT2D eigenvalue weighted by atomic mass is 19.4. The molecule has 26 heavy (non-hydrogen) atoms. The third kappa shape index (κ3) is 4.42. The average Bonchev–Trinajstić information content (AvgIpc) is 2.62. The Morgan fingerprint density at radius 1 is 1.15 bits per heavy atom. The minimum Gasteiger partial charge on any atom is -0.359 e. The van der Waals surface area contributed by atoms with Crippen LogP contribution in [0.3, 0.4) is 0 Å². The molecule has 2 aromatic rings. The van der Waals surface area contributed by atoms with Gasteiger partial charge in [-0.3, -0.25) is 0 Å². The minimum absolute atomic E-state index is 0.355. The number of alkyl halides is 3. The third-order valence-electron chi connectivity index (χ3n) is 4.72. The molecular formula is C18H22F3N5. The fraction of sp³-hybridized carbons (Fsp3) is 0.500. The van der Waals surface area contributed by atoms with Crippen molar-refractivity contribution in [2.75, 3.05) is 36.5 Å². The van der Waals surface area contributed by atoms with Gasteiger partial charge in [0.1, 0.15) is 18.0 Å². The van der Waals surface area contributed by atoms with Crippen molar-refractivity contribution in [2.45, 2.75) is 25.9 Å². The number of anilines is 2. The fourth-order valence-corrected chi connectivity index (χ4v) is 3.24. The molecule has 1 aliphatic rings. The van der Waals surface area contributed by atoms with E-state index in [-0.39, 0.29) is 0 Å². The molecule has 8 heteroatoms. The van der Waals surface area contributed by atoms with E-state index in [1.807, 2.05) is 17.9 Å². The quantitative estimate of drug-likeness (QED) is 0.829. The van der Waals surface area contributed by atoms with Crippen molar-refractivity contribution in [2.24, 2.45) is 5.92 Å². The molecule has 0 N–H and O–H groups in total. The number of piperidine rings is 1. The summed E-state index contributed by atoms with van der Waals surface area (Å²) >= 11 is 0. The van der Waals surface area contributed by atoms with E-state index in [1.54, 1.807) is 13.4 Å². The zero-order chi connectivity index (χ0) is 18.7. The molecular weight excluding hydrogens is 343 g/mol. The number of nitrogens with zero attached hydrogens (tertiary/aromatic N) is 5. The molecule has 3 rings (SSSR count). The van der Waals surface area contributed by atoms with E-state index < -0.39 is 11.7 Å². The van der Waals surface area contributed by atoms with Crippen LogP contribution in [-0.4, -0.2) is 41.6 Å². The van der Waals surface area contributed by atoms with Gasteiger partial charge < -0.3 is 9.80 Å². The smallest absolute Gasteiger partial charge is 0.359 e. The van der Waals surface area contributed by atoms with Crippen molar-refractivity contribution in [3.05, 3.63) is 42.0 Å². The number of aromatic nitrogens is 3. The Morgan fingerprint density at radius 2 is 1.88 bits per heavy atom. The first kappa shape index (κ1) is 18.4. The number of pyridine rings is 1. The number of hydrogen-bond acceptors (Lipinski definition) is 5. The number of aryl methyl sites for hydroxylation is 1. The second-order valence-corrected chi connectivity index (χ2v) is 6.73. The lowest BCUT2D eigenvalue weighted by Gasteiger charge is -2.34. The van der Waals surface area contributed by atoms with Crippen LogP contribution in [0.25, 0.3) is 0 Å². The van der Waals surface area contributed by atoms with Gasteiger partial charge >= 0.3 is 6.18 Å². The van der Waals surface area contributed by atoms with Gasteiger partial charge in [-0.15, -0.1) is 0 Å². The van der Waals surface area contributed by atoms with E-state index >= 15 is 0 Å². The predicted octanol–water partition coefficient (Wildman–Crippen LogP) is 3.55. The van der Waals surface area contributed by atoms with E-state index in [1.165, 1.54) is 6.20 Å². The molecule has 0 aromatic carbocycles. The topological polar surface area (TPSA) is 45.2 Å². The van der Waals surface area contributed by atoms with Crippen LogP contribution in [0, 0.1) is 12.8 Å².